The van der Waals surface area contributed by atoms with Crippen molar-refractivity contribution in [2.75, 3.05) is 26.8 Å². The van der Waals surface area contributed by atoms with Crippen LogP contribution < -0.4 is 4.74 Å². The standard InChI is InChI=1S/C17H27NO3/c1-15-8-6-9-16(14-15)21-13-7-10-17(20)18(2)11-4-3-5-12-19/h6,8-9,14,19H,3-5,7,10-13H2,1-2H3. The molecule has 0 atom stereocenters. The van der Waals surface area contributed by atoms with Crippen LogP contribution in [0.1, 0.15) is 37.7 Å². The number of carbonyl (C=O) groups is 1. The van der Waals surface area contributed by atoms with Crippen molar-refractivity contribution in [3.63, 3.8) is 0 Å². The number of benzene rings is 1. The molecule has 0 unspecified atom stereocenters. The number of amides is 1. The molecule has 0 aliphatic carbocycles. The van der Waals surface area contributed by atoms with E-state index >= 15 is 0 Å². The molecule has 0 aliphatic rings. The van der Waals surface area contributed by atoms with Crippen LogP contribution in [0, 0.1) is 6.92 Å². The van der Waals surface area contributed by atoms with E-state index in [4.69, 9.17) is 9.84 Å². The zero-order valence-corrected chi connectivity index (χ0v) is 13.2. The minimum absolute atomic E-state index is 0.159. The molecular weight excluding hydrogens is 266 g/mol. The Kier molecular flexibility index (Phi) is 8.51. The highest BCUT2D eigenvalue weighted by Gasteiger charge is 2.07. The van der Waals surface area contributed by atoms with E-state index in [0.717, 1.165) is 38.0 Å². The SMILES string of the molecule is Cc1cccc(OCCCC(=O)N(C)CCCCCO)c1. The van der Waals surface area contributed by atoms with E-state index in [1.54, 1.807) is 4.90 Å². The van der Waals surface area contributed by atoms with E-state index in [1.807, 2.05) is 38.2 Å². The zero-order chi connectivity index (χ0) is 15.5. The lowest BCUT2D eigenvalue weighted by Crippen LogP contribution is -2.27. The average Bonchev–Trinajstić information content (AvgIpc) is 2.47. The Labute approximate surface area is 127 Å². The molecule has 0 bridgehead atoms. The number of hydrogen-bond donors (Lipinski definition) is 1. The van der Waals surface area contributed by atoms with Crippen molar-refractivity contribution in [2.24, 2.45) is 0 Å². The molecule has 0 radical (unpaired) electrons. The summed E-state index contributed by atoms with van der Waals surface area (Å²) in [5, 5.41) is 8.70. The van der Waals surface area contributed by atoms with Crippen LogP contribution in [0.2, 0.25) is 0 Å². The maximum absolute atomic E-state index is 11.9. The van der Waals surface area contributed by atoms with Crippen molar-refractivity contribution in [1.29, 1.82) is 0 Å². The number of hydrogen-bond acceptors (Lipinski definition) is 3. The van der Waals surface area contributed by atoms with Gasteiger partial charge in [0, 0.05) is 26.6 Å². The van der Waals surface area contributed by atoms with E-state index in [2.05, 4.69) is 0 Å². The van der Waals surface area contributed by atoms with E-state index in [9.17, 15) is 4.79 Å². The number of ether oxygens (including phenoxy) is 1. The van der Waals surface area contributed by atoms with Crippen molar-refractivity contribution in [2.45, 2.75) is 39.0 Å². The van der Waals surface area contributed by atoms with Gasteiger partial charge in [0.25, 0.3) is 0 Å². The summed E-state index contributed by atoms with van der Waals surface area (Å²) in [6, 6.07) is 7.93. The molecule has 4 nitrogen and oxygen atoms in total. The molecule has 1 aromatic rings. The molecule has 0 heterocycles. The maximum Gasteiger partial charge on any atom is 0.222 e. The average molecular weight is 293 g/mol. The van der Waals surface area contributed by atoms with Gasteiger partial charge in [-0.2, -0.15) is 0 Å². The first-order valence-electron chi connectivity index (χ1n) is 7.68. The summed E-state index contributed by atoms with van der Waals surface area (Å²) in [6.45, 7) is 3.58. The van der Waals surface area contributed by atoms with E-state index in [0.29, 0.717) is 13.0 Å². The highest BCUT2D eigenvalue weighted by Crippen LogP contribution is 2.12. The Bertz CT molecular complexity index is 420. The van der Waals surface area contributed by atoms with Crippen molar-refractivity contribution in [1.82, 2.24) is 4.90 Å². The van der Waals surface area contributed by atoms with Gasteiger partial charge >= 0.3 is 0 Å². The number of rotatable bonds is 10. The molecule has 0 saturated carbocycles. The summed E-state index contributed by atoms with van der Waals surface area (Å²) < 4.78 is 5.63. The number of carbonyl (C=O) groups excluding carboxylic acids is 1. The summed E-state index contributed by atoms with van der Waals surface area (Å²) >= 11 is 0. The van der Waals surface area contributed by atoms with E-state index in [-0.39, 0.29) is 12.5 Å². The molecule has 0 aromatic heterocycles. The fraction of sp³-hybridized carbons (Fsp3) is 0.588. The third-order valence-electron chi connectivity index (χ3n) is 3.37. The van der Waals surface area contributed by atoms with Gasteiger partial charge in [0.2, 0.25) is 5.91 Å². The van der Waals surface area contributed by atoms with Crippen LogP contribution in [0.4, 0.5) is 0 Å². The lowest BCUT2D eigenvalue weighted by Gasteiger charge is -2.17. The van der Waals surface area contributed by atoms with Crippen molar-refractivity contribution in [3.8, 4) is 5.75 Å². The first kappa shape index (κ1) is 17.5. The Balaban J connectivity index is 2.12. The highest BCUT2D eigenvalue weighted by atomic mass is 16.5. The van der Waals surface area contributed by atoms with Crippen LogP contribution in [-0.4, -0.2) is 42.7 Å². The summed E-state index contributed by atoms with van der Waals surface area (Å²) in [5.74, 6) is 1.02. The molecule has 4 heteroatoms. The summed E-state index contributed by atoms with van der Waals surface area (Å²) in [7, 11) is 1.84. The third kappa shape index (κ3) is 7.71. The van der Waals surface area contributed by atoms with Crippen LogP contribution in [-0.2, 0) is 4.79 Å². The van der Waals surface area contributed by atoms with Gasteiger partial charge < -0.3 is 14.7 Å². The number of nitrogens with zero attached hydrogens (tertiary/aromatic N) is 1. The van der Waals surface area contributed by atoms with Gasteiger partial charge in [0.15, 0.2) is 0 Å². The Morgan fingerprint density at radius 3 is 2.76 bits per heavy atom. The Morgan fingerprint density at radius 2 is 2.05 bits per heavy atom. The second kappa shape index (κ2) is 10.2. The molecule has 1 amide bonds. The molecule has 1 N–H and O–H groups in total. The first-order chi connectivity index (χ1) is 10.1. The topological polar surface area (TPSA) is 49.8 Å². The summed E-state index contributed by atoms with van der Waals surface area (Å²) in [5.41, 5.74) is 1.17. The first-order valence-corrected chi connectivity index (χ1v) is 7.68. The smallest absolute Gasteiger partial charge is 0.222 e. The Morgan fingerprint density at radius 1 is 1.24 bits per heavy atom. The number of unbranched alkanes of at least 4 members (excludes halogenated alkanes) is 2. The zero-order valence-electron chi connectivity index (χ0n) is 13.2. The van der Waals surface area contributed by atoms with Crippen LogP contribution in [0.5, 0.6) is 5.75 Å². The lowest BCUT2D eigenvalue weighted by atomic mass is 10.2. The van der Waals surface area contributed by atoms with Gasteiger partial charge in [-0.1, -0.05) is 12.1 Å². The van der Waals surface area contributed by atoms with Crippen molar-refractivity contribution >= 4 is 5.91 Å². The minimum Gasteiger partial charge on any atom is -0.494 e. The predicted octanol–water partition coefficient (Wildman–Crippen LogP) is 2.78. The molecule has 0 aliphatic heterocycles. The molecule has 118 valence electrons. The number of aryl methyl sites for hydroxylation is 1. The molecule has 1 rings (SSSR count). The monoisotopic (exact) mass is 293 g/mol. The van der Waals surface area contributed by atoms with Gasteiger partial charge in [-0.25, -0.2) is 0 Å². The van der Waals surface area contributed by atoms with Gasteiger partial charge in [-0.05, 0) is 50.3 Å². The van der Waals surface area contributed by atoms with Crippen molar-refractivity contribution in [3.05, 3.63) is 29.8 Å². The molecule has 0 saturated heterocycles. The quantitative estimate of drug-likeness (QED) is 0.675. The molecule has 21 heavy (non-hydrogen) atoms. The van der Waals surface area contributed by atoms with Gasteiger partial charge in [-0.3, -0.25) is 4.79 Å². The normalized spacial score (nSPS) is 10.4. The second-order valence-electron chi connectivity index (χ2n) is 5.37. The fourth-order valence-corrected chi connectivity index (χ4v) is 2.07. The third-order valence-corrected chi connectivity index (χ3v) is 3.37. The van der Waals surface area contributed by atoms with Gasteiger partial charge in [0.1, 0.15) is 5.75 Å². The highest BCUT2D eigenvalue weighted by molar-refractivity contribution is 5.75. The molecular formula is C17H27NO3. The van der Waals surface area contributed by atoms with Crippen LogP contribution >= 0.6 is 0 Å². The van der Waals surface area contributed by atoms with Crippen molar-refractivity contribution < 1.29 is 14.6 Å². The largest absolute Gasteiger partial charge is 0.494 e. The molecule has 0 spiro atoms. The van der Waals surface area contributed by atoms with Gasteiger partial charge in [0.05, 0.1) is 6.61 Å². The second-order valence-corrected chi connectivity index (χ2v) is 5.37. The lowest BCUT2D eigenvalue weighted by molar-refractivity contribution is -0.130. The number of aliphatic hydroxyl groups excluding tert-OH is 1. The Hall–Kier alpha value is -1.55. The fourth-order valence-electron chi connectivity index (χ4n) is 2.07. The van der Waals surface area contributed by atoms with E-state index in [1.165, 1.54) is 5.56 Å². The molecule has 1 aromatic carbocycles. The summed E-state index contributed by atoms with van der Waals surface area (Å²) in [6.07, 6.45) is 3.97. The molecule has 0 fully saturated rings. The van der Waals surface area contributed by atoms with Gasteiger partial charge in [-0.15, -0.1) is 0 Å². The minimum atomic E-state index is 0.159. The summed E-state index contributed by atoms with van der Waals surface area (Å²) in [4.78, 5) is 13.7. The van der Waals surface area contributed by atoms with Crippen LogP contribution in [0.15, 0.2) is 24.3 Å². The van der Waals surface area contributed by atoms with Crippen LogP contribution in [0.3, 0.4) is 0 Å². The van der Waals surface area contributed by atoms with E-state index < -0.39 is 0 Å². The number of aliphatic hydroxyl groups is 1. The van der Waals surface area contributed by atoms with Crippen LogP contribution in [0.25, 0.3) is 0 Å². The maximum atomic E-state index is 11.9. The predicted molar refractivity (Wildman–Crippen MR) is 84.5 cm³/mol.